The number of amides is 1. The Morgan fingerprint density at radius 2 is 1.62 bits per heavy atom. The molecular weight excluding hydrogens is 501 g/mol. The number of benzene rings is 3. The summed E-state index contributed by atoms with van der Waals surface area (Å²) in [6, 6.07) is 15.0. The largest absolute Gasteiger partial charge is 0.416 e. The number of carbonyl (C=O) groups excluding carboxylic acids is 1. The van der Waals surface area contributed by atoms with E-state index in [-0.39, 0.29) is 30.8 Å². The molecule has 1 aliphatic heterocycles. The predicted octanol–water partition coefficient (Wildman–Crippen LogP) is 5.11. The highest BCUT2D eigenvalue weighted by molar-refractivity contribution is 7.89. The molecule has 1 aliphatic rings. The van der Waals surface area contributed by atoms with Crippen molar-refractivity contribution in [2.45, 2.75) is 57.3 Å². The first-order valence-corrected chi connectivity index (χ1v) is 13.4. The SMILES string of the molecule is Cc1cc(C)c(S(=O)(=O)N2Cc3ccccc3CC2C(=O)NCCc2cccc(C(F)(F)F)c2)c(C)c1. The summed E-state index contributed by atoms with van der Waals surface area (Å²) < 4.78 is 68.2. The molecule has 0 bridgehead atoms. The number of hydrogen-bond donors (Lipinski definition) is 1. The van der Waals surface area contributed by atoms with Crippen molar-refractivity contribution >= 4 is 15.9 Å². The van der Waals surface area contributed by atoms with Gasteiger partial charge in [-0.05, 0) is 67.5 Å². The number of fused-ring (bicyclic) bond motifs is 1. The molecule has 0 fully saturated rings. The van der Waals surface area contributed by atoms with Gasteiger partial charge in [0.25, 0.3) is 0 Å². The van der Waals surface area contributed by atoms with E-state index in [0.717, 1.165) is 28.8 Å². The van der Waals surface area contributed by atoms with E-state index in [0.29, 0.717) is 16.7 Å². The Labute approximate surface area is 215 Å². The lowest BCUT2D eigenvalue weighted by molar-refractivity contribution is -0.137. The van der Waals surface area contributed by atoms with Crippen molar-refractivity contribution in [3.8, 4) is 0 Å². The summed E-state index contributed by atoms with van der Waals surface area (Å²) in [6.07, 6.45) is -4.06. The number of alkyl halides is 3. The number of halogens is 3. The van der Waals surface area contributed by atoms with Crippen LogP contribution in [0.2, 0.25) is 0 Å². The highest BCUT2D eigenvalue weighted by Gasteiger charge is 2.40. The normalized spacial score (nSPS) is 16.3. The Morgan fingerprint density at radius 1 is 0.973 bits per heavy atom. The molecule has 9 heteroatoms. The van der Waals surface area contributed by atoms with Crippen LogP contribution in [-0.4, -0.2) is 31.2 Å². The van der Waals surface area contributed by atoms with E-state index < -0.39 is 33.7 Å². The van der Waals surface area contributed by atoms with Crippen LogP contribution in [-0.2, 0) is 40.4 Å². The maximum Gasteiger partial charge on any atom is 0.416 e. The van der Waals surface area contributed by atoms with Crippen molar-refractivity contribution in [2.24, 2.45) is 0 Å². The molecule has 1 heterocycles. The maximum absolute atomic E-state index is 13.9. The topological polar surface area (TPSA) is 66.5 Å². The van der Waals surface area contributed by atoms with Crippen LogP contribution in [0.4, 0.5) is 13.2 Å². The molecule has 0 aromatic heterocycles. The molecule has 3 aromatic rings. The Kier molecular flexibility index (Phi) is 7.48. The predicted molar refractivity (Wildman–Crippen MR) is 135 cm³/mol. The molecule has 0 radical (unpaired) electrons. The summed E-state index contributed by atoms with van der Waals surface area (Å²) in [5.41, 5.74) is 3.58. The molecule has 37 heavy (non-hydrogen) atoms. The van der Waals surface area contributed by atoms with Crippen LogP contribution in [0.1, 0.15) is 38.9 Å². The third kappa shape index (κ3) is 5.72. The fourth-order valence-electron chi connectivity index (χ4n) is 5.02. The van der Waals surface area contributed by atoms with Gasteiger partial charge in [-0.25, -0.2) is 8.42 Å². The van der Waals surface area contributed by atoms with Crippen molar-refractivity contribution in [1.29, 1.82) is 0 Å². The Morgan fingerprint density at radius 3 is 2.27 bits per heavy atom. The number of hydrogen-bond acceptors (Lipinski definition) is 3. The van der Waals surface area contributed by atoms with Crippen LogP contribution < -0.4 is 5.32 Å². The average molecular weight is 531 g/mol. The van der Waals surface area contributed by atoms with Gasteiger partial charge in [0.05, 0.1) is 10.5 Å². The Balaban J connectivity index is 1.59. The molecule has 0 spiro atoms. The summed E-state index contributed by atoms with van der Waals surface area (Å²) in [5.74, 6) is -0.479. The molecule has 1 unspecified atom stereocenters. The minimum atomic E-state index is -4.45. The first-order chi connectivity index (χ1) is 17.4. The van der Waals surface area contributed by atoms with E-state index in [9.17, 15) is 26.4 Å². The molecule has 4 rings (SSSR count). The lowest BCUT2D eigenvalue weighted by Crippen LogP contribution is -2.52. The van der Waals surface area contributed by atoms with Gasteiger partial charge in [-0.2, -0.15) is 17.5 Å². The van der Waals surface area contributed by atoms with Gasteiger partial charge in [0.2, 0.25) is 15.9 Å². The summed E-state index contributed by atoms with van der Waals surface area (Å²) in [4.78, 5) is 13.5. The molecule has 1 amide bonds. The maximum atomic E-state index is 13.9. The van der Waals surface area contributed by atoms with Gasteiger partial charge in [0, 0.05) is 13.1 Å². The molecule has 0 aliphatic carbocycles. The quantitative estimate of drug-likeness (QED) is 0.482. The fraction of sp³-hybridized carbons (Fsp3) is 0.321. The second-order valence-corrected chi connectivity index (χ2v) is 11.3. The van der Waals surface area contributed by atoms with Crippen LogP contribution in [0.15, 0.2) is 65.6 Å². The first-order valence-electron chi connectivity index (χ1n) is 12.0. The van der Waals surface area contributed by atoms with Gasteiger partial charge >= 0.3 is 6.18 Å². The molecule has 196 valence electrons. The average Bonchev–Trinajstić information content (AvgIpc) is 2.82. The minimum absolute atomic E-state index is 0.0526. The third-order valence-corrected chi connectivity index (χ3v) is 8.81. The Bertz CT molecular complexity index is 1410. The zero-order chi connectivity index (χ0) is 27.0. The standard InChI is InChI=1S/C28H29F3N2O3S/c1-18-13-19(2)26(20(3)14-18)37(35,36)33-17-23-9-5-4-8-22(23)16-25(33)27(34)32-12-11-21-7-6-10-24(15-21)28(29,30)31/h4-10,13-15,25H,11-12,16-17H2,1-3H3,(H,32,34). The summed E-state index contributed by atoms with van der Waals surface area (Å²) >= 11 is 0. The number of rotatable bonds is 6. The van der Waals surface area contributed by atoms with Gasteiger partial charge in [-0.1, -0.05) is 60.2 Å². The highest BCUT2D eigenvalue weighted by Crippen LogP contribution is 2.33. The van der Waals surface area contributed by atoms with Crippen LogP contribution >= 0.6 is 0 Å². The van der Waals surface area contributed by atoms with Gasteiger partial charge in [-0.15, -0.1) is 0 Å². The van der Waals surface area contributed by atoms with Crippen LogP contribution in [0, 0.1) is 20.8 Å². The number of nitrogens with zero attached hydrogens (tertiary/aromatic N) is 1. The van der Waals surface area contributed by atoms with E-state index in [1.807, 2.05) is 43.3 Å². The molecule has 1 atom stereocenters. The van der Waals surface area contributed by atoms with E-state index in [4.69, 9.17) is 0 Å². The van der Waals surface area contributed by atoms with E-state index in [2.05, 4.69) is 5.32 Å². The van der Waals surface area contributed by atoms with Gasteiger partial charge in [0.15, 0.2) is 0 Å². The molecule has 1 N–H and O–H groups in total. The molecular formula is C28H29F3N2O3S. The van der Waals surface area contributed by atoms with E-state index >= 15 is 0 Å². The monoisotopic (exact) mass is 530 g/mol. The van der Waals surface area contributed by atoms with Gasteiger partial charge in [0.1, 0.15) is 6.04 Å². The van der Waals surface area contributed by atoms with Crippen molar-refractivity contribution in [2.75, 3.05) is 6.54 Å². The highest BCUT2D eigenvalue weighted by atomic mass is 32.2. The Hall–Kier alpha value is -3.17. The number of sulfonamides is 1. The second kappa shape index (κ2) is 10.3. The van der Waals surface area contributed by atoms with Gasteiger partial charge < -0.3 is 5.32 Å². The van der Waals surface area contributed by atoms with Gasteiger partial charge in [-0.3, -0.25) is 4.79 Å². The van der Waals surface area contributed by atoms with Crippen molar-refractivity contribution in [3.05, 3.63) is 99.6 Å². The van der Waals surface area contributed by atoms with E-state index in [1.165, 1.54) is 10.4 Å². The zero-order valence-electron chi connectivity index (χ0n) is 20.9. The summed E-state index contributed by atoms with van der Waals surface area (Å²) in [7, 11) is -4.03. The molecule has 0 saturated carbocycles. The molecule has 0 saturated heterocycles. The van der Waals surface area contributed by atoms with Crippen LogP contribution in [0.25, 0.3) is 0 Å². The van der Waals surface area contributed by atoms with Crippen molar-refractivity contribution < 1.29 is 26.4 Å². The number of carbonyl (C=O) groups is 1. The third-order valence-electron chi connectivity index (χ3n) is 6.65. The molecule has 3 aromatic carbocycles. The smallest absolute Gasteiger partial charge is 0.354 e. The lowest BCUT2D eigenvalue weighted by Gasteiger charge is -2.35. The van der Waals surface area contributed by atoms with Crippen LogP contribution in [0.3, 0.4) is 0 Å². The minimum Gasteiger partial charge on any atom is -0.354 e. The summed E-state index contributed by atoms with van der Waals surface area (Å²) in [5, 5.41) is 2.76. The second-order valence-electron chi connectivity index (χ2n) is 9.51. The first kappa shape index (κ1) is 26.9. The van der Waals surface area contributed by atoms with Crippen molar-refractivity contribution in [3.63, 3.8) is 0 Å². The van der Waals surface area contributed by atoms with Crippen molar-refractivity contribution in [1.82, 2.24) is 9.62 Å². The fourth-order valence-corrected chi connectivity index (χ4v) is 7.00. The van der Waals surface area contributed by atoms with E-state index in [1.54, 1.807) is 19.9 Å². The zero-order valence-corrected chi connectivity index (χ0v) is 21.7. The lowest BCUT2D eigenvalue weighted by atomic mass is 9.95. The number of nitrogens with one attached hydrogen (secondary N) is 1. The number of aryl methyl sites for hydroxylation is 3. The molecule has 5 nitrogen and oxygen atoms in total. The van der Waals surface area contributed by atoms with Crippen LogP contribution in [0.5, 0.6) is 0 Å². The summed E-state index contributed by atoms with van der Waals surface area (Å²) in [6.45, 7) is 5.52.